The lowest BCUT2D eigenvalue weighted by atomic mass is 10.1. The average Bonchev–Trinajstić information content (AvgIpc) is 2.45. The SMILES string of the molecule is COCCN(C)CCNC(=O)c1cccc(OC)c1N. The van der Waals surface area contributed by atoms with Crippen LogP contribution in [0.15, 0.2) is 18.2 Å². The molecule has 0 unspecified atom stereocenters. The lowest BCUT2D eigenvalue weighted by molar-refractivity contribution is 0.0948. The van der Waals surface area contributed by atoms with Crippen molar-refractivity contribution in [1.82, 2.24) is 10.2 Å². The van der Waals surface area contributed by atoms with Gasteiger partial charge in [-0.25, -0.2) is 0 Å². The highest BCUT2D eigenvalue weighted by Crippen LogP contribution is 2.24. The molecule has 1 rings (SSSR count). The van der Waals surface area contributed by atoms with E-state index in [0.29, 0.717) is 30.2 Å². The molecule has 0 atom stereocenters. The minimum atomic E-state index is -0.193. The van der Waals surface area contributed by atoms with Crippen LogP contribution in [0.4, 0.5) is 5.69 Å². The standard InChI is InChI=1S/C14H23N3O3/c1-17(9-10-19-2)8-7-16-14(18)11-5-4-6-12(20-3)13(11)15/h4-6H,7-10,15H2,1-3H3,(H,16,18). The molecular weight excluding hydrogens is 258 g/mol. The largest absolute Gasteiger partial charge is 0.495 e. The van der Waals surface area contributed by atoms with Gasteiger partial charge >= 0.3 is 0 Å². The lowest BCUT2D eigenvalue weighted by Gasteiger charge is -2.16. The molecule has 6 heteroatoms. The number of nitrogens with two attached hydrogens (primary N) is 1. The maximum absolute atomic E-state index is 12.0. The summed E-state index contributed by atoms with van der Waals surface area (Å²) in [5, 5.41) is 2.84. The number of nitrogens with zero attached hydrogens (tertiary/aromatic N) is 1. The molecule has 0 aromatic heterocycles. The second-order valence-corrected chi connectivity index (χ2v) is 4.47. The van der Waals surface area contributed by atoms with Crippen LogP contribution in [0.5, 0.6) is 5.75 Å². The monoisotopic (exact) mass is 281 g/mol. The van der Waals surface area contributed by atoms with Gasteiger partial charge < -0.3 is 25.4 Å². The Morgan fingerprint density at radius 3 is 2.75 bits per heavy atom. The van der Waals surface area contributed by atoms with Crippen LogP contribution in [-0.2, 0) is 4.74 Å². The number of benzene rings is 1. The van der Waals surface area contributed by atoms with Crippen molar-refractivity contribution in [3.8, 4) is 5.75 Å². The molecule has 6 nitrogen and oxygen atoms in total. The summed E-state index contributed by atoms with van der Waals surface area (Å²) >= 11 is 0. The Labute approximate surface area is 119 Å². The molecule has 0 radical (unpaired) electrons. The Morgan fingerprint density at radius 2 is 2.10 bits per heavy atom. The summed E-state index contributed by atoms with van der Waals surface area (Å²) in [7, 11) is 5.17. The van der Waals surface area contributed by atoms with Gasteiger partial charge in [0.2, 0.25) is 0 Å². The summed E-state index contributed by atoms with van der Waals surface area (Å²) < 4.78 is 10.1. The summed E-state index contributed by atoms with van der Waals surface area (Å²) in [6, 6.07) is 5.15. The number of hydrogen-bond donors (Lipinski definition) is 2. The van der Waals surface area contributed by atoms with E-state index in [0.717, 1.165) is 13.1 Å². The fourth-order valence-corrected chi connectivity index (χ4v) is 1.73. The van der Waals surface area contributed by atoms with Crippen molar-refractivity contribution >= 4 is 11.6 Å². The van der Waals surface area contributed by atoms with Gasteiger partial charge in [0.1, 0.15) is 5.75 Å². The number of hydrogen-bond acceptors (Lipinski definition) is 5. The third kappa shape index (κ3) is 4.71. The summed E-state index contributed by atoms with van der Waals surface area (Å²) in [4.78, 5) is 14.1. The maximum atomic E-state index is 12.0. The fourth-order valence-electron chi connectivity index (χ4n) is 1.73. The Kier molecular flexibility index (Phi) is 6.83. The summed E-state index contributed by atoms with van der Waals surface area (Å²) in [5.74, 6) is 0.316. The number of ether oxygens (including phenoxy) is 2. The first-order chi connectivity index (χ1) is 9.60. The lowest BCUT2D eigenvalue weighted by Crippen LogP contribution is -2.34. The first kappa shape index (κ1) is 16.3. The first-order valence-electron chi connectivity index (χ1n) is 6.48. The average molecular weight is 281 g/mol. The van der Waals surface area contributed by atoms with Crippen molar-refractivity contribution in [3.05, 3.63) is 23.8 Å². The van der Waals surface area contributed by atoms with Crippen LogP contribution in [0, 0.1) is 0 Å². The molecule has 0 aliphatic rings. The van der Waals surface area contributed by atoms with Gasteiger partial charge in [0.15, 0.2) is 0 Å². The van der Waals surface area contributed by atoms with Gasteiger partial charge in [-0.15, -0.1) is 0 Å². The molecule has 0 spiro atoms. The number of anilines is 1. The molecule has 3 N–H and O–H groups in total. The number of rotatable bonds is 8. The number of likely N-dealkylation sites (N-methyl/N-ethyl adjacent to an activating group) is 1. The Balaban J connectivity index is 2.47. The highest BCUT2D eigenvalue weighted by Gasteiger charge is 2.12. The quantitative estimate of drug-likeness (QED) is 0.682. The number of nitrogen functional groups attached to an aromatic ring is 1. The topological polar surface area (TPSA) is 76.8 Å². The molecule has 20 heavy (non-hydrogen) atoms. The van der Waals surface area contributed by atoms with E-state index < -0.39 is 0 Å². The Morgan fingerprint density at radius 1 is 1.35 bits per heavy atom. The van der Waals surface area contributed by atoms with Gasteiger partial charge in [-0.1, -0.05) is 6.07 Å². The van der Waals surface area contributed by atoms with E-state index in [2.05, 4.69) is 10.2 Å². The first-order valence-corrected chi connectivity index (χ1v) is 6.48. The number of methoxy groups -OCH3 is 2. The third-order valence-electron chi connectivity index (χ3n) is 2.99. The molecule has 0 aliphatic heterocycles. The number of amides is 1. The zero-order chi connectivity index (χ0) is 15.0. The van der Waals surface area contributed by atoms with E-state index in [4.69, 9.17) is 15.2 Å². The van der Waals surface area contributed by atoms with E-state index in [-0.39, 0.29) is 5.91 Å². The van der Waals surface area contributed by atoms with Gasteiger partial charge in [-0.05, 0) is 19.2 Å². The third-order valence-corrected chi connectivity index (χ3v) is 2.99. The minimum Gasteiger partial charge on any atom is -0.495 e. The normalized spacial score (nSPS) is 10.6. The summed E-state index contributed by atoms with van der Waals surface area (Å²) in [5.41, 5.74) is 6.67. The van der Waals surface area contributed by atoms with Crippen LogP contribution < -0.4 is 15.8 Å². The smallest absolute Gasteiger partial charge is 0.253 e. The van der Waals surface area contributed by atoms with E-state index in [9.17, 15) is 4.79 Å². The molecule has 0 saturated carbocycles. The van der Waals surface area contributed by atoms with E-state index >= 15 is 0 Å². The number of nitrogens with one attached hydrogen (secondary N) is 1. The van der Waals surface area contributed by atoms with Crippen molar-refractivity contribution in [1.29, 1.82) is 0 Å². The van der Waals surface area contributed by atoms with Gasteiger partial charge in [-0.2, -0.15) is 0 Å². The van der Waals surface area contributed by atoms with Crippen molar-refractivity contribution < 1.29 is 14.3 Å². The second-order valence-electron chi connectivity index (χ2n) is 4.47. The zero-order valence-corrected chi connectivity index (χ0v) is 12.3. The summed E-state index contributed by atoms with van der Waals surface area (Å²) in [6.07, 6.45) is 0. The molecular formula is C14H23N3O3. The number of carbonyl (C=O) groups excluding carboxylic acids is 1. The van der Waals surface area contributed by atoms with Crippen molar-refractivity contribution in [3.63, 3.8) is 0 Å². The maximum Gasteiger partial charge on any atom is 0.253 e. The molecule has 0 heterocycles. The van der Waals surface area contributed by atoms with Crippen molar-refractivity contribution in [2.45, 2.75) is 0 Å². The second kappa shape index (κ2) is 8.39. The molecule has 0 saturated heterocycles. The molecule has 112 valence electrons. The van der Waals surface area contributed by atoms with Gasteiger partial charge in [-0.3, -0.25) is 4.79 Å². The Bertz CT molecular complexity index is 438. The van der Waals surface area contributed by atoms with Crippen LogP contribution in [0.3, 0.4) is 0 Å². The fraction of sp³-hybridized carbons (Fsp3) is 0.500. The van der Waals surface area contributed by atoms with Gasteiger partial charge in [0.05, 0.1) is 25.0 Å². The van der Waals surface area contributed by atoms with Crippen LogP contribution in [0.1, 0.15) is 10.4 Å². The van der Waals surface area contributed by atoms with Crippen molar-refractivity contribution in [2.75, 3.05) is 53.2 Å². The molecule has 1 amide bonds. The van der Waals surface area contributed by atoms with Crippen LogP contribution >= 0.6 is 0 Å². The zero-order valence-electron chi connectivity index (χ0n) is 12.3. The van der Waals surface area contributed by atoms with E-state index in [1.54, 1.807) is 25.3 Å². The highest BCUT2D eigenvalue weighted by molar-refractivity contribution is 6.00. The van der Waals surface area contributed by atoms with Crippen LogP contribution in [0.25, 0.3) is 0 Å². The van der Waals surface area contributed by atoms with Crippen molar-refractivity contribution in [2.24, 2.45) is 0 Å². The minimum absolute atomic E-state index is 0.193. The predicted octanol–water partition coefficient (Wildman–Crippen LogP) is 0.585. The predicted molar refractivity (Wildman–Crippen MR) is 79.1 cm³/mol. The molecule has 0 aliphatic carbocycles. The summed E-state index contributed by atoms with van der Waals surface area (Å²) in [6.45, 7) is 2.80. The number of carbonyl (C=O) groups is 1. The van der Waals surface area contributed by atoms with Gasteiger partial charge in [0.25, 0.3) is 5.91 Å². The molecule has 0 bridgehead atoms. The van der Waals surface area contributed by atoms with E-state index in [1.807, 2.05) is 7.05 Å². The van der Waals surface area contributed by atoms with E-state index in [1.165, 1.54) is 7.11 Å². The highest BCUT2D eigenvalue weighted by atomic mass is 16.5. The Hall–Kier alpha value is -1.79. The van der Waals surface area contributed by atoms with Crippen LogP contribution in [0.2, 0.25) is 0 Å². The molecule has 1 aromatic carbocycles. The molecule has 0 fully saturated rings. The number of para-hydroxylation sites is 1. The van der Waals surface area contributed by atoms with Crippen LogP contribution in [-0.4, -0.2) is 58.3 Å². The van der Waals surface area contributed by atoms with Gasteiger partial charge in [0, 0.05) is 26.7 Å². The molecule has 1 aromatic rings.